The molecule has 0 radical (unpaired) electrons. The minimum absolute atomic E-state index is 0.0661. The van der Waals surface area contributed by atoms with Crippen molar-refractivity contribution >= 4 is 17.6 Å². The lowest BCUT2D eigenvalue weighted by Gasteiger charge is -2.22. The first-order valence-corrected chi connectivity index (χ1v) is 5.95. The summed E-state index contributed by atoms with van der Waals surface area (Å²) >= 11 is 0. The number of ether oxygens (including phenoxy) is 1. The van der Waals surface area contributed by atoms with Crippen LogP contribution in [0.4, 0.5) is 5.69 Å². The molecule has 0 heterocycles. The molecule has 108 valence electrons. The van der Waals surface area contributed by atoms with Gasteiger partial charge in [-0.1, -0.05) is 12.1 Å². The van der Waals surface area contributed by atoms with Crippen LogP contribution >= 0.6 is 0 Å². The number of nitrogens with zero attached hydrogens (tertiary/aromatic N) is 1. The van der Waals surface area contributed by atoms with Gasteiger partial charge in [-0.2, -0.15) is 0 Å². The molecule has 7 nitrogen and oxygen atoms in total. The number of nitro groups is 1. The molecule has 0 saturated heterocycles. The van der Waals surface area contributed by atoms with E-state index in [-0.39, 0.29) is 18.7 Å². The molecular formula is C13H15NO6. The van der Waals surface area contributed by atoms with E-state index in [9.17, 15) is 24.8 Å². The van der Waals surface area contributed by atoms with Crippen LogP contribution in [0.5, 0.6) is 0 Å². The molecule has 0 aliphatic carbocycles. The van der Waals surface area contributed by atoms with Crippen LogP contribution in [0.25, 0.3) is 0 Å². The second-order valence-corrected chi connectivity index (χ2v) is 4.46. The second-order valence-electron chi connectivity index (χ2n) is 4.46. The molecule has 0 fully saturated rings. The Hall–Kier alpha value is -2.44. The largest absolute Gasteiger partial charge is 0.480 e. The highest BCUT2D eigenvalue weighted by Gasteiger charge is 2.43. The fourth-order valence-electron chi connectivity index (χ4n) is 1.71. The summed E-state index contributed by atoms with van der Waals surface area (Å²) in [7, 11) is 0. The summed E-state index contributed by atoms with van der Waals surface area (Å²) < 4.78 is 4.76. The van der Waals surface area contributed by atoms with Gasteiger partial charge in [-0.3, -0.25) is 19.7 Å². The first-order chi connectivity index (χ1) is 9.31. The topological polar surface area (TPSA) is 107 Å². The highest BCUT2D eigenvalue weighted by Crippen LogP contribution is 2.26. The molecule has 1 atom stereocenters. The lowest BCUT2D eigenvalue weighted by molar-refractivity contribution is -0.384. The van der Waals surface area contributed by atoms with Gasteiger partial charge in [-0.05, 0) is 25.8 Å². The van der Waals surface area contributed by atoms with Gasteiger partial charge >= 0.3 is 11.9 Å². The first-order valence-electron chi connectivity index (χ1n) is 5.95. The number of hydrogen-bond acceptors (Lipinski definition) is 5. The number of nitro benzene ring substituents is 1. The molecule has 0 saturated carbocycles. The number of esters is 1. The van der Waals surface area contributed by atoms with Crippen molar-refractivity contribution < 1.29 is 24.4 Å². The highest BCUT2D eigenvalue weighted by atomic mass is 16.6. The van der Waals surface area contributed by atoms with Gasteiger partial charge in [0.25, 0.3) is 5.69 Å². The van der Waals surface area contributed by atoms with E-state index in [1.54, 1.807) is 6.92 Å². The highest BCUT2D eigenvalue weighted by molar-refractivity contribution is 5.99. The van der Waals surface area contributed by atoms with E-state index in [1.165, 1.54) is 31.2 Å². The number of carboxylic acid groups (broad SMARTS) is 1. The molecule has 0 bridgehead atoms. The number of carbonyl (C=O) groups excluding carboxylic acids is 1. The molecule has 1 N–H and O–H groups in total. The standard InChI is InChI=1S/C13H15NO6/c1-3-20-12(17)13(2,11(15)16)8-9-5-4-6-10(7-9)14(18)19/h4-7H,3,8H2,1-2H3,(H,15,16). The van der Waals surface area contributed by atoms with Gasteiger partial charge in [0.1, 0.15) is 0 Å². The summed E-state index contributed by atoms with van der Waals surface area (Å²) in [4.78, 5) is 33.2. The summed E-state index contributed by atoms with van der Waals surface area (Å²) in [5.41, 5.74) is -1.54. The number of carboxylic acids is 1. The van der Waals surface area contributed by atoms with Crippen LogP contribution in [0.1, 0.15) is 19.4 Å². The van der Waals surface area contributed by atoms with Crippen molar-refractivity contribution in [2.45, 2.75) is 20.3 Å². The zero-order chi connectivity index (χ0) is 15.3. The molecule has 0 aliphatic heterocycles. The zero-order valence-corrected chi connectivity index (χ0v) is 11.2. The van der Waals surface area contributed by atoms with Crippen molar-refractivity contribution in [1.29, 1.82) is 0 Å². The number of aliphatic carboxylic acids is 1. The van der Waals surface area contributed by atoms with Gasteiger partial charge in [0.15, 0.2) is 5.41 Å². The summed E-state index contributed by atoms with van der Waals surface area (Å²) in [5.74, 6) is -2.19. The normalized spacial score (nSPS) is 13.3. The van der Waals surface area contributed by atoms with E-state index >= 15 is 0 Å². The SMILES string of the molecule is CCOC(=O)C(C)(Cc1cccc([N+](=O)[O-])c1)C(=O)O. The van der Waals surface area contributed by atoms with Crippen molar-refractivity contribution in [2.24, 2.45) is 5.41 Å². The Morgan fingerprint density at radius 2 is 2.10 bits per heavy atom. The zero-order valence-electron chi connectivity index (χ0n) is 11.2. The van der Waals surface area contributed by atoms with Crippen LogP contribution < -0.4 is 0 Å². The number of benzene rings is 1. The minimum atomic E-state index is -1.77. The Morgan fingerprint density at radius 1 is 1.45 bits per heavy atom. The predicted molar refractivity (Wildman–Crippen MR) is 69.2 cm³/mol. The monoisotopic (exact) mass is 281 g/mol. The average Bonchev–Trinajstić information content (AvgIpc) is 2.38. The summed E-state index contributed by atoms with van der Waals surface area (Å²) in [6.45, 7) is 2.89. The summed E-state index contributed by atoms with van der Waals surface area (Å²) in [6.07, 6.45) is -0.178. The number of rotatable bonds is 6. The lowest BCUT2D eigenvalue weighted by atomic mass is 9.83. The number of non-ortho nitro benzene ring substituents is 1. The average molecular weight is 281 g/mol. The summed E-state index contributed by atoms with van der Waals surface area (Å²) in [5, 5.41) is 19.9. The quantitative estimate of drug-likeness (QED) is 0.368. The lowest BCUT2D eigenvalue weighted by Crippen LogP contribution is -2.40. The maximum absolute atomic E-state index is 11.8. The third kappa shape index (κ3) is 3.31. The second kappa shape index (κ2) is 6.14. The van der Waals surface area contributed by atoms with Crippen LogP contribution in [0.15, 0.2) is 24.3 Å². The van der Waals surface area contributed by atoms with Gasteiger partial charge in [-0.15, -0.1) is 0 Å². The maximum atomic E-state index is 11.8. The Kier molecular flexibility index (Phi) is 4.79. The third-order valence-electron chi connectivity index (χ3n) is 2.88. The van der Waals surface area contributed by atoms with E-state index in [4.69, 9.17) is 4.74 Å². The predicted octanol–water partition coefficient (Wildman–Crippen LogP) is 1.79. The third-order valence-corrected chi connectivity index (χ3v) is 2.88. The van der Waals surface area contributed by atoms with Gasteiger partial charge < -0.3 is 9.84 Å². The van der Waals surface area contributed by atoms with Crippen molar-refractivity contribution in [3.8, 4) is 0 Å². The van der Waals surface area contributed by atoms with Gasteiger partial charge in [0, 0.05) is 12.1 Å². The van der Waals surface area contributed by atoms with Gasteiger partial charge in [-0.25, -0.2) is 0 Å². The molecule has 20 heavy (non-hydrogen) atoms. The molecule has 0 aliphatic rings. The molecule has 0 aromatic heterocycles. The van der Waals surface area contributed by atoms with E-state index < -0.39 is 22.3 Å². The minimum Gasteiger partial charge on any atom is -0.480 e. The van der Waals surface area contributed by atoms with E-state index in [0.717, 1.165) is 0 Å². The Balaban J connectivity index is 3.08. The molecule has 1 unspecified atom stereocenters. The van der Waals surface area contributed by atoms with Gasteiger partial charge in [0.05, 0.1) is 11.5 Å². The fourth-order valence-corrected chi connectivity index (χ4v) is 1.71. The molecule has 0 spiro atoms. The Morgan fingerprint density at radius 3 is 2.60 bits per heavy atom. The van der Waals surface area contributed by atoms with Gasteiger partial charge in [0.2, 0.25) is 0 Å². The Labute approximate surface area is 115 Å². The van der Waals surface area contributed by atoms with Crippen LogP contribution in [-0.2, 0) is 20.7 Å². The molecular weight excluding hydrogens is 266 g/mol. The molecule has 1 rings (SSSR count). The molecule has 7 heteroatoms. The summed E-state index contributed by atoms with van der Waals surface area (Å²) in [6, 6.07) is 5.53. The van der Waals surface area contributed by atoms with Crippen LogP contribution in [0.3, 0.4) is 0 Å². The molecule has 1 aromatic rings. The van der Waals surface area contributed by atoms with E-state index in [1.807, 2.05) is 0 Å². The van der Waals surface area contributed by atoms with Crippen LogP contribution in [0.2, 0.25) is 0 Å². The Bertz CT molecular complexity index is 541. The van der Waals surface area contributed by atoms with Crippen molar-refractivity contribution in [3.05, 3.63) is 39.9 Å². The fraction of sp³-hybridized carbons (Fsp3) is 0.385. The molecule has 0 amide bonds. The van der Waals surface area contributed by atoms with E-state index in [2.05, 4.69) is 0 Å². The molecule has 1 aromatic carbocycles. The van der Waals surface area contributed by atoms with Crippen LogP contribution in [-0.4, -0.2) is 28.6 Å². The van der Waals surface area contributed by atoms with Crippen molar-refractivity contribution in [1.82, 2.24) is 0 Å². The van der Waals surface area contributed by atoms with E-state index in [0.29, 0.717) is 5.56 Å². The first kappa shape index (κ1) is 15.6. The van der Waals surface area contributed by atoms with Crippen LogP contribution in [0, 0.1) is 15.5 Å². The number of hydrogen-bond donors (Lipinski definition) is 1. The maximum Gasteiger partial charge on any atom is 0.323 e. The number of carbonyl (C=O) groups is 2. The van der Waals surface area contributed by atoms with Crippen molar-refractivity contribution in [2.75, 3.05) is 6.61 Å². The smallest absolute Gasteiger partial charge is 0.323 e. The van der Waals surface area contributed by atoms with Crippen molar-refractivity contribution in [3.63, 3.8) is 0 Å².